The average Bonchev–Trinajstić information content (AvgIpc) is 2.50. The van der Waals surface area contributed by atoms with Gasteiger partial charge in [-0.2, -0.15) is 18.3 Å². The quantitative estimate of drug-likeness (QED) is 0.855. The minimum Gasteiger partial charge on any atom is -0.328 e. The van der Waals surface area contributed by atoms with Gasteiger partial charge in [-0.3, -0.25) is 4.68 Å². The molecule has 0 fully saturated rings. The molecule has 2 N–H and O–H groups in total. The monoisotopic (exact) mass is 235 g/mol. The van der Waals surface area contributed by atoms with Gasteiger partial charge in [0, 0.05) is 12.7 Å². The molecular formula is C10H16F3N3. The predicted octanol–water partition coefficient (Wildman–Crippen LogP) is 2.45. The van der Waals surface area contributed by atoms with Gasteiger partial charge in [-0.15, -0.1) is 0 Å². The van der Waals surface area contributed by atoms with Crippen LogP contribution < -0.4 is 5.73 Å². The molecule has 0 aliphatic carbocycles. The highest BCUT2D eigenvalue weighted by molar-refractivity contribution is 5.04. The van der Waals surface area contributed by atoms with Crippen molar-refractivity contribution < 1.29 is 13.2 Å². The molecular weight excluding hydrogens is 219 g/mol. The van der Waals surface area contributed by atoms with E-state index in [-0.39, 0.29) is 18.0 Å². The molecule has 0 aliphatic rings. The van der Waals surface area contributed by atoms with Crippen LogP contribution in [-0.4, -0.2) is 16.3 Å². The van der Waals surface area contributed by atoms with Crippen LogP contribution in [0.2, 0.25) is 0 Å². The van der Waals surface area contributed by atoms with Gasteiger partial charge in [0.2, 0.25) is 0 Å². The molecule has 1 heterocycles. The van der Waals surface area contributed by atoms with Crippen LogP contribution in [0, 0.1) is 5.41 Å². The zero-order valence-electron chi connectivity index (χ0n) is 9.54. The molecule has 0 bridgehead atoms. The summed E-state index contributed by atoms with van der Waals surface area (Å²) in [7, 11) is 0. The number of halogens is 3. The fourth-order valence-corrected chi connectivity index (χ4v) is 1.52. The lowest BCUT2D eigenvalue weighted by molar-refractivity contribution is -0.141. The zero-order chi connectivity index (χ0) is 12.6. The van der Waals surface area contributed by atoms with Gasteiger partial charge in [-0.25, -0.2) is 0 Å². The van der Waals surface area contributed by atoms with Gasteiger partial charge >= 0.3 is 6.18 Å². The van der Waals surface area contributed by atoms with Crippen molar-refractivity contribution in [3.63, 3.8) is 0 Å². The van der Waals surface area contributed by atoms with Gasteiger partial charge in [0.15, 0.2) is 5.69 Å². The summed E-state index contributed by atoms with van der Waals surface area (Å²) in [5, 5.41) is 3.53. The molecule has 0 saturated heterocycles. The van der Waals surface area contributed by atoms with Crippen molar-refractivity contribution in [3.8, 4) is 0 Å². The van der Waals surface area contributed by atoms with E-state index in [1.165, 1.54) is 10.9 Å². The maximum atomic E-state index is 12.4. The summed E-state index contributed by atoms with van der Waals surface area (Å²) in [6.07, 6.45) is -3.08. The molecule has 3 nitrogen and oxygen atoms in total. The number of hydrogen-bond acceptors (Lipinski definition) is 2. The van der Waals surface area contributed by atoms with Crippen LogP contribution in [0.3, 0.4) is 0 Å². The molecule has 0 saturated carbocycles. The molecule has 0 radical (unpaired) electrons. The number of rotatable bonds is 2. The molecule has 16 heavy (non-hydrogen) atoms. The Morgan fingerprint density at radius 1 is 1.38 bits per heavy atom. The smallest absolute Gasteiger partial charge is 0.328 e. The standard InChI is InChI=1S/C10H16F3N3/c1-9(2,3)8(6-14)16-5-4-7(15-16)10(11,12)13/h4-5,8H,6,14H2,1-3H3. The number of hydrogen-bond donors (Lipinski definition) is 1. The second kappa shape index (κ2) is 4.08. The van der Waals surface area contributed by atoms with Crippen LogP contribution >= 0.6 is 0 Å². The lowest BCUT2D eigenvalue weighted by atomic mass is 9.87. The Labute approximate surface area is 92.4 Å². The van der Waals surface area contributed by atoms with E-state index in [2.05, 4.69) is 5.10 Å². The van der Waals surface area contributed by atoms with Crippen LogP contribution in [0.15, 0.2) is 12.3 Å². The molecule has 1 aromatic heterocycles. The lowest BCUT2D eigenvalue weighted by Gasteiger charge is -2.29. The number of nitrogens with two attached hydrogens (primary N) is 1. The van der Waals surface area contributed by atoms with Crippen LogP contribution in [-0.2, 0) is 6.18 Å². The molecule has 6 heteroatoms. The highest BCUT2D eigenvalue weighted by atomic mass is 19.4. The van der Waals surface area contributed by atoms with Crippen LogP contribution in [0.5, 0.6) is 0 Å². The summed E-state index contributed by atoms with van der Waals surface area (Å²) in [6.45, 7) is 6.00. The molecule has 1 unspecified atom stereocenters. The van der Waals surface area contributed by atoms with Crippen molar-refractivity contribution in [1.29, 1.82) is 0 Å². The van der Waals surface area contributed by atoms with E-state index < -0.39 is 11.9 Å². The molecule has 92 valence electrons. The number of alkyl halides is 3. The summed E-state index contributed by atoms with van der Waals surface area (Å²) in [5.41, 5.74) is 4.46. The average molecular weight is 235 g/mol. The zero-order valence-corrected chi connectivity index (χ0v) is 9.54. The molecule has 0 aliphatic heterocycles. The van der Waals surface area contributed by atoms with Gasteiger partial charge in [-0.1, -0.05) is 20.8 Å². The second-order valence-corrected chi connectivity index (χ2v) is 4.80. The second-order valence-electron chi connectivity index (χ2n) is 4.80. The van der Waals surface area contributed by atoms with Gasteiger partial charge in [0.05, 0.1) is 6.04 Å². The Kier molecular flexibility index (Phi) is 3.33. The van der Waals surface area contributed by atoms with Gasteiger partial charge in [0.25, 0.3) is 0 Å². The van der Waals surface area contributed by atoms with E-state index in [4.69, 9.17) is 5.73 Å². The minimum atomic E-state index is -4.40. The van der Waals surface area contributed by atoms with Gasteiger partial charge in [0.1, 0.15) is 0 Å². The first kappa shape index (κ1) is 13.0. The fourth-order valence-electron chi connectivity index (χ4n) is 1.52. The fraction of sp³-hybridized carbons (Fsp3) is 0.700. The third-order valence-electron chi connectivity index (χ3n) is 2.44. The number of nitrogens with zero attached hydrogens (tertiary/aromatic N) is 2. The van der Waals surface area contributed by atoms with E-state index in [1.807, 2.05) is 20.8 Å². The van der Waals surface area contributed by atoms with Crippen molar-refractivity contribution in [2.45, 2.75) is 33.0 Å². The third kappa shape index (κ3) is 2.75. The topological polar surface area (TPSA) is 43.8 Å². The van der Waals surface area contributed by atoms with Crippen molar-refractivity contribution in [1.82, 2.24) is 9.78 Å². The van der Waals surface area contributed by atoms with Gasteiger partial charge < -0.3 is 5.73 Å². The Morgan fingerprint density at radius 2 is 1.94 bits per heavy atom. The van der Waals surface area contributed by atoms with E-state index in [1.54, 1.807) is 0 Å². The first-order valence-corrected chi connectivity index (χ1v) is 4.98. The largest absolute Gasteiger partial charge is 0.435 e. The van der Waals surface area contributed by atoms with Crippen molar-refractivity contribution in [2.75, 3.05) is 6.54 Å². The summed E-state index contributed by atoms with van der Waals surface area (Å²) in [4.78, 5) is 0. The van der Waals surface area contributed by atoms with E-state index in [9.17, 15) is 13.2 Å². The van der Waals surface area contributed by atoms with E-state index >= 15 is 0 Å². The number of aromatic nitrogens is 2. The Balaban J connectivity index is 3.01. The predicted molar refractivity (Wildman–Crippen MR) is 54.8 cm³/mol. The van der Waals surface area contributed by atoms with Gasteiger partial charge in [-0.05, 0) is 11.5 Å². The first-order valence-electron chi connectivity index (χ1n) is 4.98. The molecule has 1 aromatic rings. The van der Waals surface area contributed by atoms with Crippen LogP contribution in [0.25, 0.3) is 0 Å². The van der Waals surface area contributed by atoms with Crippen molar-refractivity contribution >= 4 is 0 Å². The maximum absolute atomic E-state index is 12.4. The van der Waals surface area contributed by atoms with Crippen LogP contribution in [0.4, 0.5) is 13.2 Å². The van der Waals surface area contributed by atoms with E-state index in [0.717, 1.165) is 6.07 Å². The summed E-state index contributed by atoms with van der Waals surface area (Å²) in [6, 6.07) is 0.720. The Morgan fingerprint density at radius 3 is 2.25 bits per heavy atom. The van der Waals surface area contributed by atoms with Crippen LogP contribution in [0.1, 0.15) is 32.5 Å². The minimum absolute atomic E-state index is 0.233. The molecule has 0 amide bonds. The highest BCUT2D eigenvalue weighted by Gasteiger charge is 2.35. The Hall–Kier alpha value is -1.04. The highest BCUT2D eigenvalue weighted by Crippen LogP contribution is 2.32. The molecule has 0 aromatic carbocycles. The normalized spacial score (nSPS) is 15.2. The molecule has 1 rings (SSSR count). The summed E-state index contributed by atoms with van der Waals surface area (Å²) in [5.74, 6) is 0. The molecule has 0 spiro atoms. The lowest BCUT2D eigenvalue weighted by Crippen LogP contribution is -2.31. The van der Waals surface area contributed by atoms with Crippen molar-refractivity contribution in [2.24, 2.45) is 11.1 Å². The Bertz CT molecular complexity index is 349. The third-order valence-corrected chi connectivity index (χ3v) is 2.44. The van der Waals surface area contributed by atoms with Crippen molar-refractivity contribution in [3.05, 3.63) is 18.0 Å². The molecule has 1 atom stereocenters. The first-order chi connectivity index (χ1) is 7.16. The summed E-state index contributed by atoms with van der Waals surface area (Å²) < 4.78 is 38.4. The maximum Gasteiger partial charge on any atom is 0.435 e. The van der Waals surface area contributed by atoms with E-state index in [0.29, 0.717) is 0 Å². The summed E-state index contributed by atoms with van der Waals surface area (Å²) >= 11 is 0. The SMILES string of the molecule is CC(C)(C)C(CN)n1ccc(C(F)(F)F)n1.